The highest BCUT2D eigenvalue weighted by molar-refractivity contribution is 7.80. The SMILES string of the molecule is Nc1ccc(C(=O)c2ccccc2)cc1NC(=S)NC(=O)c1ccccc1. The zero-order chi connectivity index (χ0) is 19.2. The number of hydrogen-bond acceptors (Lipinski definition) is 4. The van der Waals surface area contributed by atoms with Crippen LogP contribution >= 0.6 is 12.2 Å². The fourth-order valence-electron chi connectivity index (χ4n) is 2.48. The second kappa shape index (κ2) is 8.25. The lowest BCUT2D eigenvalue weighted by atomic mass is 10.0. The van der Waals surface area contributed by atoms with E-state index in [1.54, 1.807) is 66.7 Å². The summed E-state index contributed by atoms with van der Waals surface area (Å²) in [6.45, 7) is 0. The highest BCUT2D eigenvalue weighted by atomic mass is 32.1. The fourth-order valence-corrected chi connectivity index (χ4v) is 2.68. The van der Waals surface area contributed by atoms with E-state index >= 15 is 0 Å². The van der Waals surface area contributed by atoms with E-state index in [2.05, 4.69) is 10.6 Å². The number of rotatable bonds is 4. The van der Waals surface area contributed by atoms with Crippen molar-refractivity contribution in [3.63, 3.8) is 0 Å². The summed E-state index contributed by atoms with van der Waals surface area (Å²) in [5.74, 6) is -0.457. The van der Waals surface area contributed by atoms with Crippen LogP contribution in [-0.2, 0) is 0 Å². The van der Waals surface area contributed by atoms with E-state index in [9.17, 15) is 9.59 Å². The van der Waals surface area contributed by atoms with Crippen LogP contribution in [0.3, 0.4) is 0 Å². The predicted octanol–water partition coefficient (Wildman–Crippen LogP) is 3.63. The van der Waals surface area contributed by atoms with E-state index in [1.807, 2.05) is 12.1 Å². The second-order valence-corrected chi connectivity index (χ2v) is 6.18. The number of benzene rings is 3. The molecule has 0 saturated heterocycles. The van der Waals surface area contributed by atoms with Crippen molar-refractivity contribution in [2.24, 2.45) is 0 Å². The maximum atomic E-state index is 12.6. The molecule has 0 radical (unpaired) electrons. The van der Waals surface area contributed by atoms with Crippen LogP contribution < -0.4 is 16.4 Å². The van der Waals surface area contributed by atoms with Crippen molar-refractivity contribution in [1.82, 2.24) is 5.32 Å². The number of carbonyl (C=O) groups excluding carboxylic acids is 2. The molecular formula is C21H17N3O2S. The van der Waals surface area contributed by atoms with Crippen LogP contribution in [0.4, 0.5) is 11.4 Å². The molecule has 0 unspecified atom stereocenters. The van der Waals surface area contributed by atoms with Gasteiger partial charge in [-0.1, -0.05) is 48.5 Å². The molecule has 3 aromatic carbocycles. The number of carbonyl (C=O) groups is 2. The van der Waals surface area contributed by atoms with Crippen LogP contribution in [0.15, 0.2) is 78.9 Å². The molecule has 0 bridgehead atoms. The van der Waals surface area contributed by atoms with Gasteiger partial charge in [0.25, 0.3) is 5.91 Å². The smallest absolute Gasteiger partial charge is 0.257 e. The van der Waals surface area contributed by atoms with Gasteiger partial charge in [0.15, 0.2) is 10.9 Å². The second-order valence-electron chi connectivity index (χ2n) is 5.77. The van der Waals surface area contributed by atoms with Crippen molar-refractivity contribution < 1.29 is 9.59 Å². The van der Waals surface area contributed by atoms with Gasteiger partial charge in [-0.15, -0.1) is 0 Å². The molecule has 0 aliphatic rings. The topological polar surface area (TPSA) is 84.2 Å². The van der Waals surface area contributed by atoms with E-state index < -0.39 is 0 Å². The Labute approximate surface area is 162 Å². The van der Waals surface area contributed by atoms with Gasteiger partial charge >= 0.3 is 0 Å². The number of ketones is 1. The number of amides is 1. The monoisotopic (exact) mass is 375 g/mol. The molecule has 3 rings (SSSR count). The summed E-state index contributed by atoms with van der Waals surface area (Å²) in [7, 11) is 0. The Morgan fingerprint density at radius 3 is 2.00 bits per heavy atom. The number of hydrogen-bond donors (Lipinski definition) is 3. The van der Waals surface area contributed by atoms with Crippen molar-refractivity contribution in [2.75, 3.05) is 11.1 Å². The summed E-state index contributed by atoms with van der Waals surface area (Å²) in [6.07, 6.45) is 0. The van der Waals surface area contributed by atoms with Crippen LogP contribution in [0.2, 0.25) is 0 Å². The molecule has 134 valence electrons. The summed E-state index contributed by atoms with van der Waals surface area (Å²) in [5, 5.41) is 5.57. The third-order valence-electron chi connectivity index (χ3n) is 3.86. The molecule has 1 amide bonds. The van der Waals surface area contributed by atoms with Crippen molar-refractivity contribution in [3.8, 4) is 0 Å². The van der Waals surface area contributed by atoms with Gasteiger partial charge in [0.1, 0.15) is 0 Å². The Morgan fingerprint density at radius 2 is 1.37 bits per heavy atom. The van der Waals surface area contributed by atoms with E-state index in [4.69, 9.17) is 18.0 Å². The lowest BCUT2D eigenvalue weighted by Gasteiger charge is -2.13. The fraction of sp³-hybridized carbons (Fsp3) is 0. The standard InChI is InChI=1S/C21H17N3O2S/c22-17-12-11-16(19(25)14-7-3-1-4-8-14)13-18(17)23-21(27)24-20(26)15-9-5-2-6-10-15/h1-13H,22H2,(H2,23,24,26,27). The van der Waals surface area contributed by atoms with Gasteiger partial charge in [0, 0.05) is 16.7 Å². The Morgan fingerprint density at radius 1 is 0.778 bits per heavy atom. The molecule has 27 heavy (non-hydrogen) atoms. The van der Waals surface area contributed by atoms with Crippen molar-refractivity contribution in [3.05, 3.63) is 95.6 Å². The summed E-state index contributed by atoms with van der Waals surface area (Å²) in [6, 6.07) is 22.6. The van der Waals surface area contributed by atoms with Crippen molar-refractivity contribution in [2.45, 2.75) is 0 Å². The first-order chi connectivity index (χ1) is 13.0. The molecule has 4 N–H and O–H groups in total. The van der Waals surface area contributed by atoms with Crippen LogP contribution in [0, 0.1) is 0 Å². The summed E-state index contributed by atoms with van der Waals surface area (Å²) < 4.78 is 0. The van der Waals surface area contributed by atoms with Crippen LogP contribution in [-0.4, -0.2) is 16.8 Å². The van der Waals surface area contributed by atoms with Crippen molar-refractivity contribution >= 4 is 40.4 Å². The van der Waals surface area contributed by atoms with Gasteiger partial charge in [0.2, 0.25) is 0 Å². The molecule has 0 heterocycles. The zero-order valence-corrected chi connectivity index (χ0v) is 15.1. The number of nitrogens with one attached hydrogen (secondary N) is 2. The lowest BCUT2D eigenvalue weighted by molar-refractivity contribution is 0.0976. The van der Waals surface area contributed by atoms with Crippen LogP contribution in [0.1, 0.15) is 26.3 Å². The number of thiocarbonyl (C=S) groups is 1. The van der Waals surface area contributed by atoms with Crippen molar-refractivity contribution in [1.29, 1.82) is 0 Å². The average molecular weight is 375 g/mol. The lowest BCUT2D eigenvalue weighted by Crippen LogP contribution is -2.34. The van der Waals surface area contributed by atoms with E-state index in [0.717, 1.165) is 0 Å². The van der Waals surface area contributed by atoms with Gasteiger partial charge in [-0.25, -0.2) is 0 Å². The Bertz CT molecular complexity index is 989. The highest BCUT2D eigenvalue weighted by Gasteiger charge is 2.13. The van der Waals surface area contributed by atoms with E-state index in [-0.39, 0.29) is 16.8 Å². The first-order valence-electron chi connectivity index (χ1n) is 8.21. The number of nitrogen functional groups attached to an aromatic ring is 1. The van der Waals surface area contributed by atoms with Gasteiger partial charge in [-0.2, -0.15) is 0 Å². The zero-order valence-electron chi connectivity index (χ0n) is 14.3. The Balaban J connectivity index is 1.74. The maximum absolute atomic E-state index is 12.6. The highest BCUT2D eigenvalue weighted by Crippen LogP contribution is 2.22. The molecule has 6 heteroatoms. The summed E-state index contributed by atoms with van der Waals surface area (Å²) >= 11 is 5.19. The molecule has 0 aromatic heterocycles. The molecular weight excluding hydrogens is 358 g/mol. The van der Waals surface area contributed by atoms with Crippen LogP contribution in [0.25, 0.3) is 0 Å². The molecule has 5 nitrogen and oxygen atoms in total. The molecule has 0 saturated carbocycles. The largest absolute Gasteiger partial charge is 0.397 e. The van der Waals surface area contributed by atoms with Gasteiger partial charge in [-0.3, -0.25) is 14.9 Å². The minimum absolute atomic E-state index is 0.0971. The first-order valence-corrected chi connectivity index (χ1v) is 8.62. The molecule has 0 aliphatic carbocycles. The maximum Gasteiger partial charge on any atom is 0.257 e. The predicted molar refractivity (Wildman–Crippen MR) is 111 cm³/mol. The van der Waals surface area contributed by atoms with Gasteiger partial charge in [-0.05, 0) is 42.5 Å². The van der Waals surface area contributed by atoms with Gasteiger partial charge in [0.05, 0.1) is 11.4 Å². The minimum Gasteiger partial charge on any atom is -0.397 e. The Kier molecular flexibility index (Phi) is 5.58. The molecule has 3 aromatic rings. The third-order valence-corrected chi connectivity index (χ3v) is 4.07. The van der Waals surface area contributed by atoms with Gasteiger partial charge < -0.3 is 11.1 Å². The molecule has 0 atom stereocenters. The first kappa shape index (κ1) is 18.3. The average Bonchev–Trinajstić information content (AvgIpc) is 2.70. The summed E-state index contributed by atoms with van der Waals surface area (Å²) in [5.41, 5.74) is 8.37. The molecule has 0 aliphatic heterocycles. The van der Waals surface area contributed by atoms with Crippen LogP contribution in [0.5, 0.6) is 0 Å². The van der Waals surface area contributed by atoms with E-state index in [0.29, 0.717) is 28.1 Å². The molecule has 0 spiro atoms. The minimum atomic E-state index is -0.330. The van der Waals surface area contributed by atoms with E-state index in [1.165, 1.54) is 0 Å². The normalized spacial score (nSPS) is 10.1. The quantitative estimate of drug-likeness (QED) is 0.368. The molecule has 0 fully saturated rings. The Hall–Kier alpha value is -3.51. The number of nitrogens with two attached hydrogens (primary N) is 1. The third kappa shape index (κ3) is 4.56. The number of anilines is 2. The summed E-state index contributed by atoms with van der Waals surface area (Å²) in [4.78, 5) is 24.8.